The van der Waals surface area contributed by atoms with E-state index in [9.17, 15) is 28.8 Å². The van der Waals surface area contributed by atoms with Crippen LogP contribution in [0.2, 0.25) is 0 Å². The lowest BCUT2D eigenvalue weighted by atomic mass is 10.0. The van der Waals surface area contributed by atoms with Crippen LogP contribution in [0.1, 0.15) is 92.7 Å². The highest BCUT2D eigenvalue weighted by Gasteiger charge is 2.31. The molecule has 0 spiro atoms. The standard InChI is InChI=1S/C42H59N5O8/c1-26(2)21-31(36(48)44-34(25-30-19-15-12-16-20-30)39(51)46-35(23-28(5)6)40(52)54-10)43-38(50)33(24-29-17-13-11-14-18-29)45-37(49)32(22-27(3)4)47-41(53)55-42(7,8)9/h11-20,24-28,31-32,35H,21-23H2,1-10H3,(H,43,50)(H,44,48)(H,45,49)(H,46,51)(H,47,53)/b33-24+,34-25+/t31-,32-,35-/m0/s1. The van der Waals surface area contributed by atoms with Crippen LogP contribution in [0.5, 0.6) is 0 Å². The molecule has 2 aromatic rings. The molecule has 0 unspecified atom stereocenters. The fraction of sp³-hybridized carbons (Fsp3) is 0.476. The summed E-state index contributed by atoms with van der Waals surface area (Å²) in [6.07, 6.45) is 2.86. The number of benzene rings is 2. The van der Waals surface area contributed by atoms with Gasteiger partial charge in [-0.25, -0.2) is 9.59 Å². The van der Waals surface area contributed by atoms with Crippen molar-refractivity contribution in [1.29, 1.82) is 0 Å². The quantitative estimate of drug-likeness (QED) is 0.0979. The Morgan fingerprint density at radius 1 is 0.582 bits per heavy atom. The molecule has 0 bridgehead atoms. The molecule has 0 aliphatic rings. The molecular weight excluding hydrogens is 702 g/mol. The van der Waals surface area contributed by atoms with Gasteiger partial charge in [-0.15, -0.1) is 0 Å². The summed E-state index contributed by atoms with van der Waals surface area (Å²) in [5.74, 6) is -3.56. The lowest BCUT2D eigenvalue weighted by Gasteiger charge is -2.25. The molecule has 13 heteroatoms. The van der Waals surface area contributed by atoms with Crippen molar-refractivity contribution in [1.82, 2.24) is 26.6 Å². The summed E-state index contributed by atoms with van der Waals surface area (Å²) in [4.78, 5) is 80.8. The molecule has 0 aliphatic heterocycles. The van der Waals surface area contributed by atoms with Gasteiger partial charge in [-0.1, -0.05) is 102 Å². The summed E-state index contributed by atoms with van der Waals surface area (Å²) in [7, 11) is 1.23. The van der Waals surface area contributed by atoms with Crippen LogP contribution in [0.4, 0.5) is 4.79 Å². The SMILES string of the molecule is COC(=O)[C@H](CC(C)C)NC(=O)/C(=C\c1ccccc1)NC(=O)[C@H](CC(C)C)NC(=O)/C(=C\c1ccccc1)NC(=O)[C@H](CC(C)C)NC(=O)OC(C)(C)C. The topological polar surface area (TPSA) is 181 Å². The third-order valence-electron chi connectivity index (χ3n) is 7.77. The molecule has 55 heavy (non-hydrogen) atoms. The van der Waals surface area contributed by atoms with E-state index < -0.39 is 59.4 Å². The molecule has 3 atom stereocenters. The smallest absolute Gasteiger partial charge is 0.408 e. The van der Waals surface area contributed by atoms with Crippen molar-refractivity contribution >= 4 is 47.8 Å². The number of alkyl carbamates (subject to hydrolysis) is 1. The van der Waals surface area contributed by atoms with Crippen molar-refractivity contribution in [2.24, 2.45) is 17.8 Å². The molecule has 0 aromatic heterocycles. The van der Waals surface area contributed by atoms with Gasteiger partial charge < -0.3 is 36.1 Å². The summed E-state index contributed by atoms with van der Waals surface area (Å²) in [6.45, 7) is 16.4. The molecule has 5 N–H and O–H groups in total. The zero-order valence-electron chi connectivity index (χ0n) is 33.8. The second kappa shape index (κ2) is 22.0. The van der Waals surface area contributed by atoms with Crippen LogP contribution in [0.25, 0.3) is 12.2 Å². The van der Waals surface area contributed by atoms with Gasteiger partial charge in [-0.2, -0.15) is 0 Å². The van der Waals surface area contributed by atoms with Crippen molar-refractivity contribution in [3.63, 3.8) is 0 Å². The van der Waals surface area contributed by atoms with Crippen molar-refractivity contribution in [2.45, 2.75) is 105 Å². The maximum Gasteiger partial charge on any atom is 0.408 e. The van der Waals surface area contributed by atoms with E-state index in [2.05, 4.69) is 26.6 Å². The molecule has 2 aromatic carbocycles. The molecule has 0 heterocycles. The average Bonchev–Trinajstić information content (AvgIpc) is 3.09. The van der Waals surface area contributed by atoms with Crippen LogP contribution in [-0.4, -0.2) is 66.5 Å². The van der Waals surface area contributed by atoms with E-state index in [-0.39, 0.29) is 42.0 Å². The van der Waals surface area contributed by atoms with Gasteiger partial charge in [0.25, 0.3) is 11.8 Å². The predicted octanol–water partition coefficient (Wildman–Crippen LogP) is 5.48. The molecule has 0 aliphatic carbocycles. The fourth-order valence-electron chi connectivity index (χ4n) is 5.34. The number of hydrogen-bond acceptors (Lipinski definition) is 8. The van der Waals surface area contributed by atoms with E-state index in [4.69, 9.17) is 9.47 Å². The van der Waals surface area contributed by atoms with Gasteiger partial charge in [0.15, 0.2) is 0 Å². The zero-order chi connectivity index (χ0) is 41.3. The third kappa shape index (κ3) is 17.5. The van der Waals surface area contributed by atoms with Crippen LogP contribution in [0.3, 0.4) is 0 Å². The van der Waals surface area contributed by atoms with Gasteiger partial charge in [0.1, 0.15) is 35.1 Å². The van der Waals surface area contributed by atoms with Crippen LogP contribution in [0, 0.1) is 17.8 Å². The van der Waals surface area contributed by atoms with Gasteiger partial charge in [-0.3, -0.25) is 19.2 Å². The number of esters is 1. The van der Waals surface area contributed by atoms with E-state index >= 15 is 0 Å². The number of ether oxygens (including phenoxy) is 2. The Hall–Kier alpha value is -5.46. The molecule has 300 valence electrons. The highest BCUT2D eigenvalue weighted by molar-refractivity contribution is 6.06. The first kappa shape index (κ1) is 45.7. The van der Waals surface area contributed by atoms with E-state index in [1.54, 1.807) is 81.4 Å². The summed E-state index contributed by atoms with van der Waals surface area (Å²) in [5, 5.41) is 13.4. The maximum atomic E-state index is 14.1. The lowest BCUT2D eigenvalue weighted by molar-refractivity contribution is -0.145. The first-order valence-electron chi connectivity index (χ1n) is 18.6. The van der Waals surface area contributed by atoms with Crippen molar-refractivity contribution in [2.75, 3.05) is 7.11 Å². The summed E-state index contributed by atoms with van der Waals surface area (Å²) >= 11 is 0. The molecule has 13 nitrogen and oxygen atoms in total. The average molecular weight is 762 g/mol. The summed E-state index contributed by atoms with van der Waals surface area (Å²) in [5.41, 5.74) is 0.0494. The Bertz CT molecular complexity index is 1660. The normalized spacial score (nSPS) is 13.7. The highest BCUT2D eigenvalue weighted by Crippen LogP contribution is 2.14. The molecule has 5 amide bonds. The first-order valence-corrected chi connectivity index (χ1v) is 18.6. The van der Waals surface area contributed by atoms with E-state index in [0.29, 0.717) is 17.5 Å². The fourth-order valence-corrected chi connectivity index (χ4v) is 5.34. The van der Waals surface area contributed by atoms with E-state index in [1.807, 2.05) is 41.5 Å². The maximum absolute atomic E-state index is 14.1. The van der Waals surface area contributed by atoms with Gasteiger partial charge in [-0.05, 0) is 81.1 Å². The second-order valence-corrected chi connectivity index (χ2v) is 15.6. The van der Waals surface area contributed by atoms with Gasteiger partial charge >= 0.3 is 12.1 Å². The second-order valence-electron chi connectivity index (χ2n) is 15.6. The van der Waals surface area contributed by atoms with Gasteiger partial charge in [0.2, 0.25) is 11.8 Å². The van der Waals surface area contributed by atoms with Crippen molar-refractivity contribution in [3.05, 3.63) is 83.2 Å². The molecule has 0 fully saturated rings. The van der Waals surface area contributed by atoms with Crippen LogP contribution < -0.4 is 26.6 Å². The number of methoxy groups -OCH3 is 1. The highest BCUT2D eigenvalue weighted by atomic mass is 16.6. The number of amides is 5. The van der Waals surface area contributed by atoms with Crippen LogP contribution in [0.15, 0.2) is 72.1 Å². The van der Waals surface area contributed by atoms with E-state index in [0.717, 1.165) is 0 Å². The molecular formula is C42H59N5O8. The minimum atomic E-state index is -1.17. The van der Waals surface area contributed by atoms with Crippen molar-refractivity contribution in [3.8, 4) is 0 Å². The minimum absolute atomic E-state index is 0.0104. The van der Waals surface area contributed by atoms with Crippen LogP contribution in [-0.2, 0) is 33.4 Å². The third-order valence-corrected chi connectivity index (χ3v) is 7.77. The number of nitrogens with one attached hydrogen (secondary N) is 5. The molecule has 0 saturated carbocycles. The summed E-state index contributed by atoms with van der Waals surface area (Å²) in [6, 6.07) is 14.4. The van der Waals surface area contributed by atoms with E-state index in [1.165, 1.54) is 19.3 Å². The molecule has 0 saturated heterocycles. The monoisotopic (exact) mass is 761 g/mol. The minimum Gasteiger partial charge on any atom is -0.467 e. The Balaban J connectivity index is 2.49. The van der Waals surface area contributed by atoms with Gasteiger partial charge in [0.05, 0.1) is 7.11 Å². The largest absolute Gasteiger partial charge is 0.467 e. The van der Waals surface area contributed by atoms with Gasteiger partial charge in [0, 0.05) is 0 Å². The molecule has 2 rings (SSSR count). The Morgan fingerprint density at radius 3 is 1.31 bits per heavy atom. The Kier molecular flexibility index (Phi) is 18.3. The zero-order valence-corrected chi connectivity index (χ0v) is 33.8. The van der Waals surface area contributed by atoms with Crippen LogP contribution >= 0.6 is 0 Å². The molecule has 0 radical (unpaired) electrons. The number of carbonyl (C=O) groups is 6. The first-order chi connectivity index (χ1) is 25.8. The summed E-state index contributed by atoms with van der Waals surface area (Å²) < 4.78 is 10.3. The number of hydrogen-bond donors (Lipinski definition) is 5. The number of carbonyl (C=O) groups excluding carboxylic acids is 6. The predicted molar refractivity (Wildman–Crippen MR) is 213 cm³/mol. The Morgan fingerprint density at radius 2 is 0.945 bits per heavy atom. The van der Waals surface area contributed by atoms with Crippen molar-refractivity contribution < 1.29 is 38.2 Å². The Labute approximate surface area is 325 Å². The number of rotatable bonds is 18. The lowest BCUT2D eigenvalue weighted by Crippen LogP contribution is -2.53.